The van der Waals surface area contributed by atoms with E-state index in [-0.39, 0.29) is 11.7 Å². The first-order valence-electron chi connectivity index (χ1n) is 11.6. The van der Waals surface area contributed by atoms with Gasteiger partial charge in [-0.3, -0.25) is 14.6 Å². The van der Waals surface area contributed by atoms with E-state index in [4.69, 9.17) is 0 Å². The highest BCUT2D eigenvalue weighted by atomic mass is 32.1. The molecule has 184 valence electrons. The molecular weight excluding hydrogens is 476 g/mol. The van der Waals surface area contributed by atoms with Gasteiger partial charge in [0.15, 0.2) is 5.01 Å². The van der Waals surface area contributed by atoms with Crippen LogP contribution in [0.15, 0.2) is 79.1 Å². The lowest BCUT2D eigenvalue weighted by Gasteiger charge is -2.20. The van der Waals surface area contributed by atoms with E-state index in [0.717, 1.165) is 15.8 Å². The summed E-state index contributed by atoms with van der Waals surface area (Å²) in [5.74, 6) is -0.619. The Hall–Kier alpha value is -4.11. The van der Waals surface area contributed by atoms with E-state index < -0.39 is 12.1 Å². The summed E-state index contributed by atoms with van der Waals surface area (Å²) in [6.45, 7) is 0.619. The van der Waals surface area contributed by atoms with Crippen molar-refractivity contribution in [3.8, 4) is 0 Å². The number of para-hydroxylation sites is 1. The molecule has 0 spiro atoms. The van der Waals surface area contributed by atoms with E-state index in [1.54, 1.807) is 12.1 Å². The first-order valence-corrected chi connectivity index (χ1v) is 12.5. The number of aromatic nitrogens is 2. The van der Waals surface area contributed by atoms with E-state index in [0.29, 0.717) is 42.9 Å². The fourth-order valence-corrected chi connectivity index (χ4v) is 4.80. The zero-order chi connectivity index (χ0) is 25.3. The zero-order valence-electron chi connectivity index (χ0n) is 19.5. The number of fused-ring (bicyclic) bond motifs is 1. The number of nitrogens with one attached hydrogen (secondary N) is 1. The van der Waals surface area contributed by atoms with Gasteiger partial charge >= 0.3 is 6.09 Å². The van der Waals surface area contributed by atoms with Crippen LogP contribution in [0.4, 0.5) is 4.79 Å². The molecule has 0 aliphatic carbocycles. The Balaban J connectivity index is 1.42. The van der Waals surface area contributed by atoms with Gasteiger partial charge < -0.3 is 15.3 Å². The van der Waals surface area contributed by atoms with E-state index in [9.17, 15) is 19.5 Å². The summed E-state index contributed by atoms with van der Waals surface area (Å²) >= 11 is 1.30. The number of thiazole rings is 1. The molecule has 0 aliphatic heterocycles. The number of carbonyl (C=O) groups is 3. The Bertz CT molecular complexity index is 1290. The topological polar surface area (TPSA) is 112 Å². The Morgan fingerprint density at radius 2 is 1.67 bits per heavy atom. The minimum atomic E-state index is -0.994. The number of pyridine rings is 1. The molecule has 0 bridgehead atoms. The van der Waals surface area contributed by atoms with Gasteiger partial charge in [0, 0.05) is 31.0 Å². The second kappa shape index (κ2) is 12.0. The van der Waals surface area contributed by atoms with E-state index >= 15 is 0 Å². The van der Waals surface area contributed by atoms with Crippen LogP contribution < -0.4 is 5.32 Å². The molecule has 0 fully saturated rings. The molecule has 2 heterocycles. The van der Waals surface area contributed by atoms with Crippen molar-refractivity contribution in [1.29, 1.82) is 0 Å². The zero-order valence-corrected chi connectivity index (χ0v) is 20.4. The summed E-state index contributed by atoms with van der Waals surface area (Å²) in [6, 6.07) is 19.3. The average molecular weight is 503 g/mol. The largest absolute Gasteiger partial charge is 0.465 e. The van der Waals surface area contributed by atoms with E-state index in [1.807, 2.05) is 54.6 Å². The standard InChI is InChI=1S/C27H26N4O4S/c32-24(26-30-21-10-4-5-12-23(21)36-26)22(29-25(33)20-13-15-28-16-14-20)11-6-7-17-31(27(34)35)18-19-8-2-1-3-9-19/h1-5,8-10,12-16,22H,6-7,11,17-18H2,(H,29,33)(H,34,35)/t22-/m0/s1. The maximum absolute atomic E-state index is 13.4. The molecule has 0 unspecified atom stereocenters. The average Bonchev–Trinajstić information content (AvgIpc) is 3.34. The number of Topliss-reactive ketones (excluding diaryl/α,β-unsaturated/α-hetero) is 1. The molecule has 0 radical (unpaired) electrons. The number of hydrogen-bond acceptors (Lipinski definition) is 6. The molecule has 36 heavy (non-hydrogen) atoms. The van der Waals surface area contributed by atoms with Crippen LogP contribution in [0.2, 0.25) is 0 Å². The number of amides is 2. The number of benzene rings is 2. The van der Waals surface area contributed by atoms with Crippen LogP contribution in [0.25, 0.3) is 10.2 Å². The fraction of sp³-hybridized carbons (Fsp3) is 0.222. The summed E-state index contributed by atoms with van der Waals surface area (Å²) in [5, 5.41) is 12.8. The highest BCUT2D eigenvalue weighted by Gasteiger charge is 2.25. The third-order valence-corrected chi connectivity index (χ3v) is 6.78. The minimum absolute atomic E-state index is 0.252. The van der Waals surface area contributed by atoms with Crippen LogP contribution in [-0.4, -0.2) is 50.3 Å². The number of carboxylic acid groups (broad SMARTS) is 1. The van der Waals surface area contributed by atoms with Gasteiger partial charge in [0.05, 0.1) is 16.3 Å². The van der Waals surface area contributed by atoms with Crippen molar-refractivity contribution in [1.82, 2.24) is 20.2 Å². The normalized spacial score (nSPS) is 11.7. The second-order valence-corrected chi connectivity index (χ2v) is 9.33. The number of nitrogens with zero attached hydrogens (tertiary/aromatic N) is 3. The van der Waals surface area contributed by atoms with Gasteiger partial charge in [0.1, 0.15) is 0 Å². The fourth-order valence-electron chi connectivity index (χ4n) is 3.84. The summed E-state index contributed by atoms with van der Waals surface area (Å²) < 4.78 is 0.901. The third-order valence-electron chi connectivity index (χ3n) is 5.73. The Kier molecular flexibility index (Phi) is 8.36. The number of ketones is 1. The van der Waals surface area contributed by atoms with Crippen LogP contribution >= 0.6 is 11.3 Å². The molecule has 2 amide bonds. The van der Waals surface area contributed by atoms with Gasteiger partial charge in [0.2, 0.25) is 5.78 Å². The maximum Gasteiger partial charge on any atom is 0.407 e. The van der Waals surface area contributed by atoms with Crippen LogP contribution in [0, 0.1) is 0 Å². The van der Waals surface area contributed by atoms with Crippen molar-refractivity contribution < 1.29 is 19.5 Å². The van der Waals surface area contributed by atoms with Gasteiger partial charge in [-0.05, 0) is 49.1 Å². The lowest BCUT2D eigenvalue weighted by Crippen LogP contribution is -2.41. The van der Waals surface area contributed by atoms with Crippen molar-refractivity contribution in [2.75, 3.05) is 6.54 Å². The molecule has 0 saturated carbocycles. The molecule has 8 nitrogen and oxygen atoms in total. The summed E-state index contributed by atoms with van der Waals surface area (Å²) in [7, 11) is 0. The van der Waals surface area contributed by atoms with Crippen LogP contribution in [-0.2, 0) is 6.54 Å². The van der Waals surface area contributed by atoms with Crippen LogP contribution in [0.3, 0.4) is 0 Å². The minimum Gasteiger partial charge on any atom is -0.465 e. The molecule has 0 aliphatic rings. The predicted octanol–water partition coefficient (Wildman–Crippen LogP) is 5.02. The van der Waals surface area contributed by atoms with Gasteiger partial charge in [0.25, 0.3) is 5.91 Å². The van der Waals surface area contributed by atoms with Crippen LogP contribution in [0.5, 0.6) is 0 Å². The monoisotopic (exact) mass is 502 g/mol. The van der Waals surface area contributed by atoms with Crippen molar-refractivity contribution in [3.05, 3.63) is 95.3 Å². The number of unbranched alkanes of at least 4 members (excludes halogenated alkanes) is 1. The molecule has 2 aromatic heterocycles. The lowest BCUT2D eigenvalue weighted by molar-refractivity contribution is 0.0850. The van der Waals surface area contributed by atoms with Crippen molar-refractivity contribution in [3.63, 3.8) is 0 Å². The number of rotatable bonds is 11. The number of carbonyl (C=O) groups excluding carboxylic acids is 2. The Labute approximate surface area is 212 Å². The summed E-state index contributed by atoms with van der Waals surface area (Å²) in [6.07, 6.45) is 3.51. The third kappa shape index (κ3) is 6.51. The molecule has 0 saturated heterocycles. The van der Waals surface area contributed by atoms with Crippen molar-refractivity contribution in [2.45, 2.75) is 31.8 Å². The van der Waals surface area contributed by atoms with Gasteiger partial charge in [-0.1, -0.05) is 42.5 Å². The van der Waals surface area contributed by atoms with E-state index in [1.165, 1.54) is 28.6 Å². The molecule has 1 atom stereocenters. The SMILES string of the molecule is O=C(N[C@@H](CCCCN(Cc1ccccc1)C(=O)O)C(=O)c1nc2ccccc2s1)c1ccncc1. The molecule has 2 N–H and O–H groups in total. The number of hydrogen-bond donors (Lipinski definition) is 2. The summed E-state index contributed by atoms with van der Waals surface area (Å²) in [4.78, 5) is 47.6. The van der Waals surface area contributed by atoms with E-state index in [2.05, 4.69) is 15.3 Å². The van der Waals surface area contributed by atoms with Crippen molar-refractivity contribution >= 4 is 39.3 Å². The Morgan fingerprint density at radius 3 is 2.39 bits per heavy atom. The molecule has 9 heteroatoms. The molecule has 4 rings (SSSR count). The Morgan fingerprint density at radius 1 is 0.944 bits per heavy atom. The highest BCUT2D eigenvalue weighted by Crippen LogP contribution is 2.23. The first-order chi connectivity index (χ1) is 17.5. The van der Waals surface area contributed by atoms with Gasteiger partial charge in [-0.2, -0.15) is 0 Å². The lowest BCUT2D eigenvalue weighted by atomic mass is 10.0. The smallest absolute Gasteiger partial charge is 0.407 e. The molecular formula is C27H26N4O4S. The molecule has 4 aromatic rings. The van der Waals surface area contributed by atoms with Crippen LogP contribution in [0.1, 0.15) is 45.0 Å². The predicted molar refractivity (Wildman–Crippen MR) is 138 cm³/mol. The molecule has 2 aromatic carbocycles. The highest BCUT2D eigenvalue weighted by molar-refractivity contribution is 7.20. The second-order valence-electron chi connectivity index (χ2n) is 8.30. The van der Waals surface area contributed by atoms with Crippen molar-refractivity contribution in [2.24, 2.45) is 0 Å². The van der Waals surface area contributed by atoms with Gasteiger partial charge in [-0.15, -0.1) is 11.3 Å². The van der Waals surface area contributed by atoms with Gasteiger partial charge in [-0.25, -0.2) is 9.78 Å². The summed E-state index contributed by atoms with van der Waals surface area (Å²) in [5.41, 5.74) is 2.06. The quantitative estimate of drug-likeness (QED) is 0.220. The first kappa shape index (κ1) is 25.0. The maximum atomic E-state index is 13.4.